The first-order valence-corrected chi connectivity index (χ1v) is 5.69. The number of aliphatic hydroxyl groups is 1. The maximum atomic E-state index is 11.8. The van der Waals surface area contributed by atoms with Crippen molar-refractivity contribution in [2.75, 3.05) is 6.54 Å². The summed E-state index contributed by atoms with van der Waals surface area (Å²) >= 11 is 0. The van der Waals surface area contributed by atoms with Gasteiger partial charge in [0.15, 0.2) is 0 Å². The predicted molar refractivity (Wildman–Crippen MR) is 59.2 cm³/mol. The van der Waals surface area contributed by atoms with E-state index in [0.29, 0.717) is 5.92 Å². The number of carbonyl (C=O) groups excluding carboxylic acids is 1. The van der Waals surface area contributed by atoms with Crippen molar-refractivity contribution in [1.29, 1.82) is 0 Å². The van der Waals surface area contributed by atoms with E-state index < -0.39 is 11.6 Å². The average molecular weight is 214 g/mol. The lowest BCUT2D eigenvalue weighted by atomic mass is 9.76. The minimum atomic E-state index is -0.716. The van der Waals surface area contributed by atoms with E-state index in [0.717, 1.165) is 25.7 Å². The zero-order valence-corrected chi connectivity index (χ0v) is 9.62. The molecule has 2 unspecified atom stereocenters. The first-order valence-electron chi connectivity index (χ1n) is 5.69. The highest BCUT2D eigenvalue weighted by molar-refractivity contribution is 5.86. The van der Waals surface area contributed by atoms with Crippen LogP contribution in [-0.4, -0.2) is 29.2 Å². The van der Waals surface area contributed by atoms with Crippen LogP contribution >= 0.6 is 0 Å². The van der Waals surface area contributed by atoms with Crippen LogP contribution < -0.4 is 11.1 Å². The summed E-state index contributed by atoms with van der Waals surface area (Å²) in [5, 5.41) is 11.8. The molecule has 15 heavy (non-hydrogen) atoms. The van der Waals surface area contributed by atoms with Crippen molar-refractivity contribution in [2.24, 2.45) is 11.7 Å². The van der Waals surface area contributed by atoms with Gasteiger partial charge >= 0.3 is 0 Å². The average Bonchev–Trinajstić information content (AvgIpc) is 2.13. The van der Waals surface area contributed by atoms with Crippen LogP contribution in [0.15, 0.2) is 0 Å². The standard InChI is InChI=1S/C11H22N2O2/c1-8-4-3-5-11(12,6-8)10(15)13-7-9(2)14/h8-9,14H,3-7,12H2,1-2H3,(H,13,15)/t8?,9-,11?/m0/s1. The lowest BCUT2D eigenvalue weighted by Gasteiger charge is -2.35. The Balaban J connectivity index is 2.48. The Kier molecular flexibility index (Phi) is 4.11. The largest absolute Gasteiger partial charge is 0.392 e. The predicted octanol–water partition coefficient (Wildman–Crippen LogP) is 0.391. The fourth-order valence-corrected chi connectivity index (χ4v) is 2.21. The van der Waals surface area contributed by atoms with E-state index in [2.05, 4.69) is 12.2 Å². The normalized spacial score (nSPS) is 33.5. The van der Waals surface area contributed by atoms with Crippen molar-refractivity contribution in [1.82, 2.24) is 5.32 Å². The van der Waals surface area contributed by atoms with Crippen LogP contribution in [0.5, 0.6) is 0 Å². The number of hydrogen-bond acceptors (Lipinski definition) is 3. The molecule has 0 saturated heterocycles. The molecular formula is C11H22N2O2. The molecule has 1 rings (SSSR count). The van der Waals surface area contributed by atoms with Gasteiger partial charge in [-0.25, -0.2) is 0 Å². The third-order valence-corrected chi connectivity index (χ3v) is 3.04. The van der Waals surface area contributed by atoms with Crippen LogP contribution in [-0.2, 0) is 4.79 Å². The summed E-state index contributed by atoms with van der Waals surface area (Å²) in [6.45, 7) is 4.06. The van der Waals surface area contributed by atoms with E-state index in [9.17, 15) is 4.79 Å². The molecule has 0 aromatic rings. The molecule has 1 saturated carbocycles. The van der Waals surface area contributed by atoms with Crippen LogP contribution in [0.1, 0.15) is 39.5 Å². The highest BCUT2D eigenvalue weighted by Crippen LogP contribution is 2.30. The molecule has 0 aromatic carbocycles. The molecule has 0 bridgehead atoms. The zero-order valence-electron chi connectivity index (χ0n) is 9.62. The zero-order chi connectivity index (χ0) is 11.5. The maximum Gasteiger partial charge on any atom is 0.240 e. The Labute approximate surface area is 91.2 Å². The molecule has 3 atom stereocenters. The van der Waals surface area contributed by atoms with Gasteiger partial charge in [-0.1, -0.05) is 19.8 Å². The first kappa shape index (κ1) is 12.5. The van der Waals surface area contributed by atoms with Gasteiger partial charge in [0, 0.05) is 6.54 Å². The summed E-state index contributed by atoms with van der Waals surface area (Å²) in [4.78, 5) is 11.8. The second-order valence-electron chi connectivity index (χ2n) is 4.92. The van der Waals surface area contributed by atoms with Gasteiger partial charge in [-0.3, -0.25) is 4.79 Å². The van der Waals surface area contributed by atoms with E-state index in [-0.39, 0.29) is 12.5 Å². The topological polar surface area (TPSA) is 75.4 Å². The molecule has 1 aliphatic carbocycles. The first-order chi connectivity index (χ1) is 6.94. The van der Waals surface area contributed by atoms with Crippen molar-refractivity contribution in [3.05, 3.63) is 0 Å². The number of amides is 1. The molecule has 0 aliphatic heterocycles. The summed E-state index contributed by atoms with van der Waals surface area (Å²) in [5.74, 6) is 0.399. The summed E-state index contributed by atoms with van der Waals surface area (Å²) in [6, 6.07) is 0. The quantitative estimate of drug-likeness (QED) is 0.636. The van der Waals surface area contributed by atoms with Gasteiger partial charge in [0.1, 0.15) is 0 Å². The summed E-state index contributed by atoms with van der Waals surface area (Å²) in [7, 11) is 0. The van der Waals surface area contributed by atoms with E-state index in [1.807, 2.05) is 0 Å². The molecule has 1 aliphatic rings. The maximum absolute atomic E-state index is 11.8. The van der Waals surface area contributed by atoms with Crippen molar-refractivity contribution in [3.8, 4) is 0 Å². The molecule has 0 aromatic heterocycles. The van der Waals surface area contributed by atoms with E-state index >= 15 is 0 Å². The Bertz CT molecular complexity index is 231. The summed E-state index contributed by atoms with van der Waals surface area (Å²) in [5.41, 5.74) is 5.37. The molecule has 1 amide bonds. The SMILES string of the molecule is CC1CCCC(N)(C(=O)NC[C@H](C)O)C1. The molecule has 1 fully saturated rings. The molecule has 4 N–H and O–H groups in total. The molecule has 0 spiro atoms. The molecule has 0 radical (unpaired) electrons. The van der Waals surface area contributed by atoms with Gasteiger partial charge in [0.25, 0.3) is 0 Å². The van der Waals surface area contributed by atoms with Crippen molar-refractivity contribution < 1.29 is 9.90 Å². The van der Waals surface area contributed by atoms with E-state index in [1.165, 1.54) is 0 Å². The third kappa shape index (κ3) is 3.47. The molecule has 88 valence electrons. The molecule has 4 nitrogen and oxygen atoms in total. The number of rotatable bonds is 3. The third-order valence-electron chi connectivity index (χ3n) is 3.04. The fraction of sp³-hybridized carbons (Fsp3) is 0.909. The second kappa shape index (κ2) is 4.94. The van der Waals surface area contributed by atoms with Crippen LogP contribution in [0.25, 0.3) is 0 Å². The second-order valence-corrected chi connectivity index (χ2v) is 4.92. The number of aliphatic hydroxyl groups excluding tert-OH is 1. The van der Waals surface area contributed by atoms with Crippen molar-refractivity contribution in [2.45, 2.75) is 51.2 Å². The minimum absolute atomic E-state index is 0.116. The summed E-state index contributed by atoms with van der Waals surface area (Å²) < 4.78 is 0. The van der Waals surface area contributed by atoms with Crippen molar-refractivity contribution >= 4 is 5.91 Å². The highest BCUT2D eigenvalue weighted by Gasteiger charge is 2.37. The molecule has 4 heteroatoms. The lowest BCUT2D eigenvalue weighted by molar-refractivity contribution is -0.128. The van der Waals surface area contributed by atoms with Crippen LogP contribution in [0.2, 0.25) is 0 Å². The van der Waals surface area contributed by atoms with Crippen LogP contribution in [0, 0.1) is 5.92 Å². The van der Waals surface area contributed by atoms with Crippen molar-refractivity contribution in [3.63, 3.8) is 0 Å². The van der Waals surface area contributed by atoms with Gasteiger partial charge in [0.05, 0.1) is 11.6 Å². The van der Waals surface area contributed by atoms with E-state index in [1.54, 1.807) is 6.92 Å². The highest BCUT2D eigenvalue weighted by atomic mass is 16.3. The summed E-state index contributed by atoms with van der Waals surface area (Å²) in [6.07, 6.45) is 3.16. The monoisotopic (exact) mass is 214 g/mol. The fourth-order valence-electron chi connectivity index (χ4n) is 2.21. The molecule has 0 heterocycles. The minimum Gasteiger partial charge on any atom is -0.392 e. The lowest BCUT2D eigenvalue weighted by Crippen LogP contribution is -2.57. The molecular weight excluding hydrogens is 192 g/mol. The Hall–Kier alpha value is -0.610. The van der Waals surface area contributed by atoms with Gasteiger partial charge < -0.3 is 16.2 Å². The van der Waals surface area contributed by atoms with Gasteiger partial charge in [-0.15, -0.1) is 0 Å². The Morgan fingerprint density at radius 3 is 2.93 bits per heavy atom. The van der Waals surface area contributed by atoms with Crippen LogP contribution in [0.4, 0.5) is 0 Å². The Morgan fingerprint density at radius 1 is 1.73 bits per heavy atom. The van der Waals surface area contributed by atoms with Gasteiger partial charge in [-0.05, 0) is 25.7 Å². The number of hydrogen-bond donors (Lipinski definition) is 3. The van der Waals surface area contributed by atoms with Gasteiger partial charge in [0.2, 0.25) is 5.91 Å². The number of carbonyl (C=O) groups is 1. The number of nitrogens with two attached hydrogens (primary N) is 1. The van der Waals surface area contributed by atoms with Gasteiger partial charge in [-0.2, -0.15) is 0 Å². The van der Waals surface area contributed by atoms with Crippen LogP contribution in [0.3, 0.4) is 0 Å². The smallest absolute Gasteiger partial charge is 0.240 e. The van der Waals surface area contributed by atoms with E-state index in [4.69, 9.17) is 10.8 Å². The Morgan fingerprint density at radius 2 is 2.40 bits per heavy atom. The number of nitrogens with one attached hydrogen (secondary N) is 1.